The zero-order chi connectivity index (χ0) is 20.4. The second kappa shape index (κ2) is 7.88. The van der Waals surface area contributed by atoms with Crippen molar-refractivity contribution in [3.63, 3.8) is 0 Å². The second-order valence-corrected chi connectivity index (χ2v) is 10.6. The summed E-state index contributed by atoms with van der Waals surface area (Å²) in [5.74, 6) is 0.816. The van der Waals surface area contributed by atoms with Crippen LogP contribution in [0, 0.1) is 0 Å². The lowest BCUT2D eigenvalue weighted by Gasteiger charge is -2.30. The molecule has 0 heterocycles. The molecule has 0 amide bonds. The summed E-state index contributed by atoms with van der Waals surface area (Å²) in [5.41, 5.74) is 2.15. The molecule has 0 atom stereocenters. The Bertz CT molecular complexity index is 888. The smallest absolute Gasteiger partial charge is 0.240 e. The van der Waals surface area contributed by atoms with Crippen LogP contribution in [0.15, 0.2) is 53.4 Å². The SMILES string of the molecule is COc1ccc(C2(CNS(=O)(=O)c3ccc(C(C)(C)C)cc3)CCCC2)cc1. The molecule has 28 heavy (non-hydrogen) atoms. The van der Waals surface area contributed by atoms with Crippen LogP contribution in [-0.4, -0.2) is 22.1 Å². The molecule has 1 N–H and O–H groups in total. The molecule has 4 nitrogen and oxygen atoms in total. The monoisotopic (exact) mass is 401 g/mol. The molecule has 1 aliphatic rings. The van der Waals surface area contributed by atoms with Gasteiger partial charge in [0, 0.05) is 12.0 Å². The molecule has 2 aromatic rings. The number of sulfonamides is 1. The Morgan fingerprint density at radius 1 is 0.964 bits per heavy atom. The average molecular weight is 402 g/mol. The number of methoxy groups -OCH3 is 1. The summed E-state index contributed by atoms with van der Waals surface area (Å²) < 4.78 is 33.9. The topological polar surface area (TPSA) is 55.4 Å². The summed E-state index contributed by atoms with van der Waals surface area (Å²) in [6, 6.07) is 15.3. The van der Waals surface area contributed by atoms with Gasteiger partial charge < -0.3 is 4.74 Å². The number of ether oxygens (including phenoxy) is 1. The third-order valence-electron chi connectivity index (χ3n) is 5.89. The Morgan fingerprint density at radius 2 is 1.54 bits per heavy atom. The van der Waals surface area contributed by atoms with Gasteiger partial charge in [0.1, 0.15) is 5.75 Å². The molecule has 1 aliphatic carbocycles. The van der Waals surface area contributed by atoms with Gasteiger partial charge in [-0.1, -0.05) is 57.9 Å². The molecule has 152 valence electrons. The van der Waals surface area contributed by atoms with Crippen LogP contribution < -0.4 is 9.46 Å². The number of benzene rings is 2. The predicted octanol–water partition coefficient (Wildman–Crippen LogP) is 4.78. The van der Waals surface area contributed by atoms with E-state index in [1.165, 1.54) is 5.56 Å². The van der Waals surface area contributed by atoms with Crippen molar-refractivity contribution in [2.45, 2.75) is 62.2 Å². The van der Waals surface area contributed by atoms with Gasteiger partial charge in [0.2, 0.25) is 10.0 Å². The minimum absolute atomic E-state index is 0.00199. The highest BCUT2D eigenvalue weighted by atomic mass is 32.2. The Kier molecular flexibility index (Phi) is 5.87. The summed E-state index contributed by atoms with van der Waals surface area (Å²) >= 11 is 0. The number of hydrogen-bond acceptors (Lipinski definition) is 3. The fraction of sp³-hybridized carbons (Fsp3) is 0.478. The van der Waals surface area contributed by atoms with E-state index in [9.17, 15) is 8.42 Å². The molecule has 0 aromatic heterocycles. The van der Waals surface area contributed by atoms with Gasteiger partial charge >= 0.3 is 0 Å². The van der Waals surface area contributed by atoms with Gasteiger partial charge in [0.15, 0.2) is 0 Å². The first-order valence-electron chi connectivity index (χ1n) is 9.91. The minimum Gasteiger partial charge on any atom is -0.497 e. The second-order valence-electron chi connectivity index (χ2n) is 8.81. The molecule has 0 aliphatic heterocycles. The van der Waals surface area contributed by atoms with Crippen molar-refractivity contribution in [3.8, 4) is 5.75 Å². The van der Waals surface area contributed by atoms with Crippen molar-refractivity contribution in [2.75, 3.05) is 13.7 Å². The van der Waals surface area contributed by atoms with Crippen LogP contribution in [0.4, 0.5) is 0 Å². The average Bonchev–Trinajstić information content (AvgIpc) is 3.16. The minimum atomic E-state index is -3.54. The van der Waals surface area contributed by atoms with Gasteiger partial charge in [-0.15, -0.1) is 0 Å². The first-order valence-corrected chi connectivity index (χ1v) is 11.4. The maximum atomic E-state index is 12.9. The predicted molar refractivity (Wildman–Crippen MR) is 113 cm³/mol. The van der Waals surface area contributed by atoms with E-state index in [0.717, 1.165) is 37.0 Å². The third kappa shape index (κ3) is 4.41. The van der Waals surface area contributed by atoms with E-state index in [1.807, 2.05) is 24.3 Å². The largest absolute Gasteiger partial charge is 0.497 e. The lowest BCUT2D eigenvalue weighted by atomic mass is 9.79. The highest BCUT2D eigenvalue weighted by Gasteiger charge is 2.36. The summed E-state index contributed by atoms with van der Waals surface area (Å²) in [7, 11) is -1.89. The zero-order valence-corrected chi connectivity index (χ0v) is 18.1. The molecule has 1 fully saturated rings. The van der Waals surface area contributed by atoms with Crippen LogP contribution in [0.2, 0.25) is 0 Å². The molecule has 5 heteroatoms. The molecular formula is C23H31NO3S. The van der Waals surface area contributed by atoms with Crippen molar-refractivity contribution in [1.82, 2.24) is 4.72 Å². The molecular weight excluding hydrogens is 370 g/mol. The van der Waals surface area contributed by atoms with E-state index in [2.05, 4.69) is 37.6 Å². The lowest BCUT2D eigenvalue weighted by Crippen LogP contribution is -2.39. The van der Waals surface area contributed by atoms with Crippen molar-refractivity contribution < 1.29 is 13.2 Å². The first-order chi connectivity index (χ1) is 13.2. The van der Waals surface area contributed by atoms with Crippen molar-refractivity contribution in [1.29, 1.82) is 0 Å². The van der Waals surface area contributed by atoms with E-state index in [-0.39, 0.29) is 10.8 Å². The van der Waals surface area contributed by atoms with E-state index in [0.29, 0.717) is 11.4 Å². The Balaban J connectivity index is 1.79. The van der Waals surface area contributed by atoms with Crippen LogP contribution in [0.25, 0.3) is 0 Å². The maximum absolute atomic E-state index is 12.9. The third-order valence-corrected chi connectivity index (χ3v) is 7.31. The lowest BCUT2D eigenvalue weighted by molar-refractivity contribution is 0.410. The molecule has 0 saturated heterocycles. The van der Waals surface area contributed by atoms with Gasteiger partial charge in [-0.3, -0.25) is 0 Å². The zero-order valence-electron chi connectivity index (χ0n) is 17.3. The fourth-order valence-electron chi connectivity index (χ4n) is 4.01. The van der Waals surface area contributed by atoms with Gasteiger partial charge in [-0.25, -0.2) is 13.1 Å². The molecule has 1 saturated carbocycles. The number of rotatable bonds is 6. The number of nitrogens with one attached hydrogen (secondary N) is 1. The van der Waals surface area contributed by atoms with E-state index < -0.39 is 10.0 Å². The Labute approximate surface area is 169 Å². The molecule has 3 rings (SSSR count). The van der Waals surface area contributed by atoms with Gasteiger partial charge in [0.05, 0.1) is 12.0 Å². The molecule has 0 unspecified atom stereocenters. The van der Waals surface area contributed by atoms with Gasteiger partial charge in [-0.2, -0.15) is 0 Å². The van der Waals surface area contributed by atoms with Crippen molar-refractivity contribution in [2.24, 2.45) is 0 Å². The van der Waals surface area contributed by atoms with E-state index >= 15 is 0 Å². The Hall–Kier alpha value is -1.85. The van der Waals surface area contributed by atoms with Gasteiger partial charge in [-0.05, 0) is 53.6 Å². The normalized spacial score (nSPS) is 16.9. The maximum Gasteiger partial charge on any atom is 0.240 e. The van der Waals surface area contributed by atoms with E-state index in [1.54, 1.807) is 19.2 Å². The summed E-state index contributed by atoms with van der Waals surface area (Å²) in [6.07, 6.45) is 4.22. The van der Waals surface area contributed by atoms with Gasteiger partial charge in [0.25, 0.3) is 0 Å². The number of hydrogen-bond donors (Lipinski definition) is 1. The molecule has 0 bridgehead atoms. The van der Waals surface area contributed by atoms with Crippen LogP contribution in [0.3, 0.4) is 0 Å². The quantitative estimate of drug-likeness (QED) is 0.758. The highest BCUT2D eigenvalue weighted by Crippen LogP contribution is 2.41. The van der Waals surface area contributed by atoms with Crippen LogP contribution in [-0.2, 0) is 20.9 Å². The van der Waals surface area contributed by atoms with Crippen molar-refractivity contribution in [3.05, 3.63) is 59.7 Å². The standard InChI is InChI=1S/C23H31NO3S/c1-22(2,3)18-9-13-21(14-10-18)28(25,26)24-17-23(15-5-6-16-23)19-7-11-20(27-4)12-8-19/h7-14,24H,5-6,15-17H2,1-4H3. The molecule has 0 spiro atoms. The van der Waals surface area contributed by atoms with E-state index in [4.69, 9.17) is 4.74 Å². The first kappa shape index (κ1) is 20.9. The Morgan fingerprint density at radius 3 is 2.04 bits per heavy atom. The van der Waals surface area contributed by atoms with Crippen LogP contribution in [0.1, 0.15) is 57.6 Å². The van der Waals surface area contributed by atoms with Crippen LogP contribution >= 0.6 is 0 Å². The summed E-state index contributed by atoms with van der Waals surface area (Å²) in [5, 5.41) is 0. The highest BCUT2D eigenvalue weighted by molar-refractivity contribution is 7.89. The molecule has 0 radical (unpaired) electrons. The van der Waals surface area contributed by atoms with Crippen molar-refractivity contribution >= 4 is 10.0 Å². The summed E-state index contributed by atoms with van der Waals surface area (Å²) in [6.45, 7) is 6.77. The fourth-order valence-corrected chi connectivity index (χ4v) is 5.14. The van der Waals surface area contributed by atoms with Crippen LogP contribution in [0.5, 0.6) is 5.75 Å². The summed E-state index contributed by atoms with van der Waals surface area (Å²) in [4.78, 5) is 0.323. The molecule has 2 aromatic carbocycles.